The van der Waals surface area contributed by atoms with Gasteiger partial charge in [-0.3, -0.25) is 4.79 Å². The molecule has 0 aromatic carbocycles. The highest BCUT2D eigenvalue weighted by atomic mass is 16.5. The third-order valence-electron chi connectivity index (χ3n) is 6.21. The van der Waals surface area contributed by atoms with Crippen LogP contribution >= 0.6 is 0 Å². The van der Waals surface area contributed by atoms with E-state index in [2.05, 4.69) is 45.6 Å². The number of carbonyl (C=O) groups excluding carboxylic acids is 1. The zero-order chi connectivity index (χ0) is 22.3. The van der Waals surface area contributed by atoms with Crippen molar-refractivity contribution in [2.75, 3.05) is 24.5 Å². The fourth-order valence-electron chi connectivity index (χ4n) is 4.59. The van der Waals surface area contributed by atoms with Crippen LogP contribution in [0, 0.1) is 11.3 Å². The first-order valence-corrected chi connectivity index (χ1v) is 10.9. The van der Waals surface area contributed by atoms with E-state index in [-0.39, 0.29) is 23.5 Å². The molecule has 4 rings (SSSR count). The molecule has 164 valence electrons. The van der Waals surface area contributed by atoms with Crippen molar-refractivity contribution < 1.29 is 13.9 Å². The maximum absolute atomic E-state index is 12.7. The van der Waals surface area contributed by atoms with E-state index >= 15 is 0 Å². The number of piperazine rings is 1. The number of nitrogens with zero attached hydrogens (tertiary/aromatic N) is 4. The molecule has 0 radical (unpaired) electrons. The summed E-state index contributed by atoms with van der Waals surface area (Å²) in [6.07, 6.45) is 2.20. The molecule has 0 bridgehead atoms. The zero-order valence-electron chi connectivity index (χ0n) is 18.9. The van der Waals surface area contributed by atoms with Gasteiger partial charge in [0.25, 0.3) is 5.91 Å². The Hall–Kier alpha value is -2.85. The van der Waals surface area contributed by atoms with Crippen molar-refractivity contribution in [1.29, 1.82) is 5.26 Å². The summed E-state index contributed by atoms with van der Waals surface area (Å²) in [6.45, 7) is 12.7. The van der Waals surface area contributed by atoms with Crippen molar-refractivity contribution in [2.24, 2.45) is 0 Å². The summed E-state index contributed by atoms with van der Waals surface area (Å²) < 4.78 is 11.3. The number of carbonyl (C=O) groups is 1. The Morgan fingerprint density at radius 2 is 2.10 bits per heavy atom. The summed E-state index contributed by atoms with van der Waals surface area (Å²) >= 11 is 0. The predicted molar refractivity (Wildman–Crippen MR) is 117 cm³/mol. The topological polar surface area (TPSA) is 82.6 Å². The van der Waals surface area contributed by atoms with E-state index in [1.54, 1.807) is 12.1 Å². The predicted octanol–water partition coefficient (Wildman–Crippen LogP) is 3.87. The minimum atomic E-state index is -0.314. The monoisotopic (exact) mass is 422 g/mol. The summed E-state index contributed by atoms with van der Waals surface area (Å²) in [5.74, 6) is 1.22. The molecule has 1 unspecified atom stereocenters. The van der Waals surface area contributed by atoms with Gasteiger partial charge in [0.05, 0.1) is 29.7 Å². The minimum absolute atomic E-state index is 0.0261. The van der Waals surface area contributed by atoms with Crippen LogP contribution < -0.4 is 4.90 Å². The first kappa shape index (κ1) is 21.4. The summed E-state index contributed by atoms with van der Waals surface area (Å²) in [4.78, 5) is 21.7. The fraction of sp³-hybridized carbons (Fsp3) is 0.542. The Bertz CT molecular complexity index is 1020. The van der Waals surface area contributed by atoms with Gasteiger partial charge in [0.15, 0.2) is 5.76 Å². The van der Waals surface area contributed by atoms with Crippen molar-refractivity contribution >= 4 is 11.7 Å². The third kappa shape index (κ3) is 3.92. The van der Waals surface area contributed by atoms with Crippen molar-refractivity contribution in [2.45, 2.75) is 65.2 Å². The Kier molecular flexibility index (Phi) is 5.52. The molecular formula is C24H30N4O3. The molecular weight excluding hydrogens is 392 g/mol. The number of furan rings is 1. The van der Waals surface area contributed by atoms with Gasteiger partial charge in [-0.2, -0.15) is 5.26 Å². The lowest BCUT2D eigenvalue weighted by Crippen LogP contribution is -2.54. The van der Waals surface area contributed by atoms with Gasteiger partial charge in [0.2, 0.25) is 0 Å². The lowest BCUT2D eigenvalue weighted by molar-refractivity contribution is -0.0408. The van der Waals surface area contributed by atoms with Gasteiger partial charge >= 0.3 is 0 Å². The van der Waals surface area contributed by atoms with Gasteiger partial charge in [0.1, 0.15) is 11.9 Å². The second-order valence-corrected chi connectivity index (χ2v) is 9.42. The van der Waals surface area contributed by atoms with Crippen LogP contribution in [0.1, 0.15) is 73.5 Å². The van der Waals surface area contributed by atoms with Crippen LogP contribution in [0.4, 0.5) is 5.82 Å². The number of rotatable bonds is 3. The molecule has 1 fully saturated rings. The standard InChI is InChI=1S/C24H30N4O3/c1-15(2)21-19-14-31-24(4,5)11-17(19)18(12-25)22(26-21)28-9-8-27(13-16(28)3)23(29)20-7-6-10-30-20/h6-7,10,15-16H,8-9,11,13-14H2,1-5H3. The fourth-order valence-corrected chi connectivity index (χ4v) is 4.59. The first-order chi connectivity index (χ1) is 14.7. The molecule has 0 spiro atoms. The average molecular weight is 423 g/mol. The van der Waals surface area contributed by atoms with E-state index in [0.29, 0.717) is 44.0 Å². The number of amides is 1. The van der Waals surface area contributed by atoms with Gasteiger partial charge in [-0.15, -0.1) is 0 Å². The van der Waals surface area contributed by atoms with E-state index in [4.69, 9.17) is 14.1 Å². The van der Waals surface area contributed by atoms with Crippen LogP contribution in [-0.2, 0) is 17.8 Å². The van der Waals surface area contributed by atoms with Crippen LogP contribution in [0.15, 0.2) is 22.8 Å². The van der Waals surface area contributed by atoms with Crippen molar-refractivity contribution in [3.63, 3.8) is 0 Å². The molecule has 1 atom stereocenters. The van der Waals surface area contributed by atoms with E-state index in [1.165, 1.54) is 6.26 Å². The van der Waals surface area contributed by atoms with Crippen LogP contribution in [0.5, 0.6) is 0 Å². The van der Waals surface area contributed by atoms with E-state index < -0.39 is 0 Å². The SMILES string of the molecule is CC(C)c1nc(N2CCN(C(=O)c3ccco3)CC2C)c(C#N)c2c1COC(C)(C)C2. The van der Waals surface area contributed by atoms with E-state index in [1.807, 2.05) is 4.90 Å². The van der Waals surface area contributed by atoms with Crippen LogP contribution in [0.3, 0.4) is 0 Å². The minimum Gasteiger partial charge on any atom is -0.459 e. The Morgan fingerprint density at radius 1 is 1.32 bits per heavy atom. The normalized spacial score (nSPS) is 20.5. The van der Waals surface area contributed by atoms with Crippen LogP contribution in [0.2, 0.25) is 0 Å². The van der Waals surface area contributed by atoms with Gasteiger partial charge in [-0.05, 0) is 44.4 Å². The number of anilines is 1. The Balaban J connectivity index is 1.69. The molecule has 1 saturated heterocycles. The highest BCUT2D eigenvalue weighted by molar-refractivity contribution is 5.91. The van der Waals surface area contributed by atoms with Crippen molar-refractivity contribution in [3.05, 3.63) is 46.5 Å². The molecule has 0 saturated carbocycles. The number of nitriles is 1. The lowest BCUT2D eigenvalue weighted by Gasteiger charge is -2.42. The molecule has 0 N–H and O–H groups in total. The second-order valence-electron chi connectivity index (χ2n) is 9.42. The quantitative estimate of drug-likeness (QED) is 0.747. The number of fused-ring (bicyclic) bond motifs is 1. The molecule has 1 amide bonds. The maximum atomic E-state index is 12.7. The molecule has 7 nitrogen and oxygen atoms in total. The molecule has 2 aromatic rings. The smallest absolute Gasteiger partial charge is 0.289 e. The lowest BCUT2D eigenvalue weighted by atomic mass is 9.86. The Morgan fingerprint density at radius 3 is 2.71 bits per heavy atom. The Labute approximate surface area is 183 Å². The summed E-state index contributed by atoms with van der Waals surface area (Å²) in [5, 5.41) is 10.1. The summed E-state index contributed by atoms with van der Waals surface area (Å²) in [5.41, 5.74) is 3.46. The number of pyridine rings is 1. The largest absolute Gasteiger partial charge is 0.459 e. The second kappa shape index (κ2) is 8.01. The molecule has 31 heavy (non-hydrogen) atoms. The summed E-state index contributed by atoms with van der Waals surface area (Å²) in [6, 6.07) is 5.89. The number of hydrogen-bond donors (Lipinski definition) is 0. The van der Waals surface area contributed by atoms with Gasteiger partial charge in [0, 0.05) is 37.7 Å². The summed E-state index contributed by atoms with van der Waals surface area (Å²) in [7, 11) is 0. The van der Waals surface area contributed by atoms with Gasteiger partial charge in [-0.1, -0.05) is 13.8 Å². The molecule has 7 heteroatoms. The van der Waals surface area contributed by atoms with Crippen LogP contribution in [0.25, 0.3) is 0 Å². The molecule has 2 aliphatic heterocycles. The van der Waals surface area contributed by atoms with Crippen molar-refractivity contribution in [1.82, 2.24) is 9.88 Å². The zero-order valence-corrected chi connectivity index (χ0v) is 18.9. The molecule has 0 aliphatic carbocycles. The molecule has 2 aliphatic rings. The number of ether oxygens (including phenoxy) is 1. The maximum Gasteiger partial charge on any atom is 0.289 e. The van der Waals surface area contributed by atoms with Crippen LogP contribution in [-0.4, -0.2) is 47.1 Å². The highest BCUT2D eigenvalue weighted by Crippen LogP contribution is 2.38. The number of aromatic nitrogens is 1. The highest BCUT2D eigenvalue weighted by Gasteiger charge is 2.36. The first-order valence-electron chi connectivity index (χ1n) is 10.9. The van der Waals surface area contributed by atoms with Gasteiger partial charge in [-0.25, -0.2) is 4.98 Å². The molecule has 4 heterocycles. The third-order valence-corrected chi connectivity index (χ3v) is 6.21. The van der Waals surface area contributed by atoms with E-state index in [9.17, 15) is 10.1 Å². The van der Waals surface area contributed by atoms with Crippen molar-refractivity contribution in [3.8, 4) is 6.07 Å². The number of hydrogen-bond acceptors (Lipinski definition) is 6. The van der Waals surface area contributed by atoms with Gasteiger partial charge < -0.3 is 19.0 Å². The van der Waals surface area contributed by atoms with E-state index in [0.717, 1.165) is 22.6 Å². The average Bonchev–Trinajstić information content (AvgIpc) is 3.26. The molecule has 2 aromatic heterocycles.